The van der Waals surface area contributed by atoms with Crippen LogP contribution in [-0.4, -0.2) is 105 Å². The highest BCUT2D eigenvalue weighted by molar-refractivity contribution is 7.87. The number of carbonyl (C=O) groups excluding carboxylic acids is 3. The van der Waals surface area contributed by atoms with Gasteiger partial charge in [0.05, 0.1) is 22.1 Å². The van der Waals surface area contributed by atoms with Crippen LogP contribution >= 0.6 is 0 Å². The van der Waals surface area contributed by atoms with E-state index in [0.717, 1.165) is 76.1 Å². The van der Waals surface area contributed by atoms with Gasteiger partial charge in [0.1, 0.15) is 21.3 Å². The Bertz CT molecular complexity index is 2940. The Kier molecular flexibility index (Phi) is 14.5. The molecule has 9 N–H and O–H groups in total. The van der Waals surface area contributed by atoms with Crippen molar-refractivity contribution in [3.8, 4) is 11.5 Å². The molecule has 3 heterocycles. The first-order valence-electron chi connectivity index (χ1n) is 22.2. The van der Waals surface area contributed by atoms with Crippen molar-refractivity contribution in [3.63, 3.8) is 0 Å². The van der Waals surface area contributed by atoms with Crippen LogP contribution < -0.4 is 40.7 Å². The van der Waals surface area contributed by atoms with Gasteiger partial charge < -0.3 is 44.9 Å². The van der Waals surface area contributed by atoms with Crippen molar-refractivity contribution >= 4 is 83.3 Å². The summed E-state index contributed by atoms with van der Waals surface area (Å²) in [7, 11) is -8.04. The van der Waals surface area contributed by atoms with E-state index in [9.17, 15) is 31.2 Å². The topological polar surface area (TPSA) is 285 Å². The smallest absolute Gasteiger partial charge is 0.339 e. The fraction of sp³-hybridized carbons (Fsp3) is 0.356. The van der Waals surface area contributed by atoms with Crippen LogP contribution in [0.15, 0.2) is 94.7 Å². The number of H-pyrrole nitrogens is 2. The molecule has 354 valence electrons. The molecule has 2 aliphatic carbocycles. The molecule has 22 heteroatoms. The quantitative estimate of drug-likeness (QED) is 0.0357. The van der Waals surface area contributed by atoms with Crippen molar-refractivity contribution in [1.82, 2.24) is 30.2 Å². The van der Waals surface area contributed by atoms with Gasteiger partial charge in [-0.15, -0.1) is 0 Å². The van der Waals surface area contributed by atoms with Crippen molar-refractivity contribution in [2.45, 2.75) is 54.7 Å². The molecule has 0 unspecified atom stereocenters. The largest absolute Gasteiger partial charge is 0.385 e. The molecule has 1 saturated heterocycles. The Labute approximate surface area is 387 Å². The number of anilines is 4. The van der Waals surface area contributed by atoms with Gasteiger partial charge in [-0.3, -0.25) is 25.0 Å². The van der Waals surface area contributed by atoms with Gasteiger partial charge in [-0.25, -0.2) is 9.97 Å². The first-order valence-corrected chi connectivity index (χ1v) is 25.0. The molecule has 0 spiro atoms. The van der Waals surface area contributed by atoms with Crippen molar-refractivity contribution in [1.29, 1.82) is 0 Å². The number of amides is 3. The van der Waals surface area contributed by atoms with Gasteiger partial charge in [0.25, 0.3) is 0 Å². The predicted molar refractivity (Wildman–Crippen MR) is 253 cm³/mol. The Morgan fingerprint density at radius 1 is 0.672 bits per heavy atom. The molecular weight excluding hydrogens is 903 g/mol. The fourth-order valence-electron chi connectivity index (χ4n) is 7.12. The number of nitrogens with one attached hydrogen (secondary N) is 7. The average Bonchev–Trinajstić information content (AvgIpc) is 4.23. The van der Waals surface area contributed by atoms with E-state index in [4.69, 9.17) is 14.1 Å². The van der Waals surface area contributed by atoms with Crippen molar-refractivity contribution in [2.24, 2.45) is 17.6 Å². The van der Waals surface area contributed by atoms with Gasteiger partial charge >= 0.3 is 20.2 Å². The van der Waals surface area contributed by atoms with E-state index in [-0.39, 0.29) is 50.8 Å². The summed E-state index contributed by atoms with van der Waals surface area (Å²) in [6, 6.07) is 22.1. The molecular formula is C45H53N11O9S2. The van der Waals surface area contributed by atoms with Crippen LogP contribution in [0.1, 0.15) is 44.9 Å². The molecule has 3 amide bonds. The van der Waals surface area contributed by atoms with E-state index in [0.29, 0.717) is 60.0 Å². The number of aromatic amines is 2. The van der Waals surface area contributed by atoms with E-state index in [2.05, 4.69) is 46.5 Å². The zero-order valence-corrected chi connectivity index (χ0v) is 38.2. The van der Waals surface area contributed by atoms with Gasteiger partial charge in [-0.05, 0) is 111 Å². The van der Waals surface area contributed by atoms with Gasteiger partial charge in [0.2, 0.25) is 29.6 Å². The lowest BCUT2D eigenvalue weighted by atomic mass is 10.3. The number of hydrogen-bond donors (Lipinski definition) is 8. The lowest BCUT2D eigenvalue weighted by Crippen LogP contribution is -2.27. The molecule has 2 aromatic heterocycles. The summed E-state index contributed by atoms with van der Waals surface area (Å²) in [6.45, 7) is 5.00. The maximum atomic E-state index is 12.8. The first-order chi connectivity index (χ1) is 32.3. The van der Waals surface area contributed by atoms with Gasteiger partial charge in [-0.2, -0.15) is 16.8 Å². The highest BCUT2D eigenvalue weighted by Crippen LogP contribution is 2.32. The first kappa shape index (κ1) is 46.8. The summed E-state index contributed by atoms with van der Waals surface area (Å²) in [4.78, 5) is 52.0. The van der Waals surface area contributed by atoms with Crippen LogP contribution in [0.25, 0.3) is 22.1 Å². The van der Waals surface area contributed by atoms with Crippen LogP contribution in [0, 0.1) is 11.8 Å². The number of aromatic nitrogens is 4. The van der Waals surface area contributed by atoms with E-state index in [1.807, 2.05) is 4.90 Å². The molecule has 3 aliphatic rings. The summed E-state index contributed by atoms with van der Waals surface area (Å²) in [5, 5.41) is 15.1. The van der Waals surface area contributed by atoms with E-state index in [1.54, 1.807) is 36.4 Å². The Hall–Kier alpha value is -6.75. The number of carbonyl (C=O) groups is 3. The van der Waals surface area contributed by atoms with Crippen molar-refractivity contribution < 1.29 is 39.6 Å². The zero-order chi connectivity index (χ0) is 47.0. The normalized spacial score (nSPS) is 14.9. The molecule has 6 aromatic rings. The van der Waals surface area contributed by atoms with Gasteiger partial charge in [-0.1, -0.05) is 0 Å². The highest BCUT2D eigenvalue weighted by Gasteiger charge is 2.31. The lowest BCUT2D eigenvalue weighted by Gasteiger charge is -2.15. The van der Waals surface area contributed by atoms with Crippen LogP contribution in [0.4, 0.5) is 23.3 Å². The molecule has 20 nitrogen and oxygen atoms in total. The molecule has 0 radical (unpaired) electrons. The monoisotopic (exact) mass is 955 g/mol. The summed E-state index contributed by atoms with van der Waals surface area (Å²) in [5.41, 5.74) is 9.31. The number of hydrogen-bond acceptors (Lipinski definition) is 15. The van der Waals surface area contributed by atoms with Crippen LogP contribution in [-0.2, 0) is 34.6 Å². The second kappa shape index (κ2) is 20.8. The maximum absolute atomic E-state index is 12.8. The van der Waals surface area contributed by atoms with E-state index in [1.165, 1.54) is 48.5 Å². The minimum absolute atomic E-state index is 0.0326. The summed E-state index contributed by atoms with van der Waals surface area (Å²) in [5.74, 6) is 1.11. The Morgan fingerprint density at radius 3 is 1.61 bits per heavy atom. The number of imidazole rings is 2. The minimum Gasteiger partial charge on any atom is -0.385 e. The standard InChI is InChI=1S/C24H27N5O5S.C21H26N6O4S/c30-22-3-1-13-29(22)14-2-12-25-17-6-9-19(10-7-17)35(32,33)34-18-8-11-20-21(15-18)27-24(26-20)28-23(31)16-4-5-16;22-9-10-23-11-12-24-15-3-6-17(7-4-15)32(29,30)31-16-5-8-18-19(13-16)26-21(25-18)27-20(28)14-1-2-14/h6-11,15-16,25H,1-5,12-14H2,(H2,26,27,28,31);3-8,13-14,23-24H,1-2,9-12,22H2,(H2,25,26,27,28). The fourth-order valence-corrected chi connectivity index (χ4v) is 8.96. The zero-order valence-electron chi connectivity index (χ0n) is 36.5. The average molecular weight is 956 g/mol. The van der Waals surface area contributed by atoms with Gasteiger partial charge in [0, 0.05) is 87.6 Å². The van der Waals surface area contributed by atoms with E-state index < -0.39 is 20.2 Å². The SMILES string of the molecule is NCCNCCNc1ccc(S(=O)(=O)Oc2ccc3[nH]c(NC(=O)C4CC4)nc3c2)cc1.O=C(Nc1nc2cc(OS(=O)(=O)c3ccc(NCCCN4CCCC4=O)cc3)ccc2[nH]1)C1CC1. The molecule has 0 atom stereocenters. The number of fused-ring (bicyclic) bond motifs is 2. The number of nitrogens with two attached hydrogens (primary N) is 1. The van der Waals surface area contributed by atoms with Crippen LogP contribution in [0.3, 0.4) is 0 Å². The number of benzene rings is 4. The number of rotatable bonds is 21. The third-order valence-corrected chi connectivity index (χ3v) is 13.6. The maximum Gasteiger partial charge on any atom is 0.339 e. The van der Waals surface area contributed by atoms with Crippen molar-refractivity contribution in [2.75, 3.05) is 67.1 Å². The summed E-state index contributed by atoms with van der Waals surface area (Å²) in [6.07, 6.45) is 5.95. The van der Waals surface area contributed by atoms with Gasteiger partial charge in [0.15, 0.2) is 0 Å². The molecule has 4 aromatic carbocycles. The molecule has 9 rings (SSSR count). The van der Waals surface area contributed by atoms with Crippen LogP contribution in [0.5, 0.6) is 11.5 Å². The summed E-state index contributed by atoms with van der Waals surface area (Å²) < 4.78 is 61.4. The molecule has 67 heavy (non-hydrogen) atoms. The third-order valence-electron chi connectivity index (χ3n) is 11.0. The number of likely N-dealkylation sites (tertiary alicyclic amines) is 1. The lowest BCUT2D eigenvalue weighted by molar-refractivity contribution is -0.127. The van der Waals surface area contributed by atoms with E-state index >= 15 is 0 Å². The second-order valence-electron chi connectivity index (χ2n) is 16.4. The molecule has 0 bridgehead atoms. The summed E-state index contributed by atoms with van der Waals surface area (Å²) >= 11 is 0. The molecule has 3 fully saturated rings. The van der Waals surface area contributed by atoms with Crippen LogP contribution in [0.2, 0.25) is 0 Å². The van der Waals surface area contributed by atoms with Crippen molar-refractivity contribution in [3.05, 3.63) is 84.9 Å². The minimum atomic E-state index is -4.04. The Morgan fingerprint density at radius 2 is 1.16 bits per heavy atom. The second-order valence-corrected chi connectivity index (χ2v) is 19.5. The highest BCUT2D eigenvalue weighted by atomic mass is 32.2. The molecule has 2 saturated carbocycles. The predicted octanol–water partition coefficient (Wildman–Crippen LogP) is 4.74. The third kappa shape index (κ3) is 12.8. The molecule has 1 aliphatic heterocycles. The Balaban J connectivity index is 0.000000182. The number of nitrogens with zero attached hydrogens (tertiary/aromatic N) is 3.